The van der Waals surface area contributed by atoms with Crippen molar-refractivity contribution >= 4 is 44.9 Å². The van der Waals surface area contributed by atoms with Gasteiger partial charge in [-0.1, -0.05) is 36.7 Å². The van der Waals surface area contributed by atoms with Crippen LogP contribution < -0.4 is 19.1 Å². The number of allylic oxidation sites excluding steroid dienone is 1. The van der Waals surface area contributed by atoms with E-state index in [2.05, 4.69) is 36.1 Å². The first-order valence-electron chi connectivity index (χ1n) is 22.2. The van der Waals surface area contributed by atoms with Crippen LogP contribution in [0.15, 0.2) is 59.1 Å². The molecule has 4 aliphatic heterocycles. The van der Waals surface area contributed by atoms with E-state index in [-0.39, 0.29) is 58.9 Å². The number of morpholine rings is 1. The second-order valence-electron chi connectivity index (χ2n) is 18.6. The molecule has 1 spiro atoms. The number of aryl methyl sites for hydroxylation is 2. The minimum Gasteiger partial charge on any atom is -0.490 e. The van der Waals surface area contributed by atoms with Gasteiger partial charge in [0.05, 0.1) is 50.4 Å². The van der Waals surface area contributed by atoms with Crippen molar-refractivity contribution in [3.8, 4) is 11.6 Å². The number of nitrogens with zero attached hydrogens (tertiary/aromatic N) is 6. The summed E-state index contributed by atoms with van der Waals surface area (Å²) >= 11 is 6.52. The fourth-order valence-corrected chi connectivity index (χ4v) is 12.8. The average molecular weight is 905 g/mol. The fourth-order valence-electron chi connectivity index (χ4n) is 10.7. The Hall–Kier alpha value is -4.48. The van der Waals surface area contributed by atoms with Crippen LogP contribution >= 0.6 is 11.6 Å². The number of likely N-dealkylation sites (tertiary alicyclic amines) is 1. The Morgan fingerprint density at radius 2 is 1.92 bits per heavy atom. The third-order valence-electron chi connectivity index (χ3n) is 14.2. The number of carbonyl (C=O) groups is 3. The smallest absolute Gasteiger partial charge is 0.286 e. The van der Waals surface area contributed by atoms with E-state index in [1.54, 1.807) is 31.3 Å². The van der Waals surface area contributed by atoms with Gasteiger partial charge < -0.3 is 29.1 Å². The average Bonchev–Trinajstić information content (AvgIpc) is 3.53. The maximum Gasteiger partial charge on any atom is 0.286 e. The van der Waals surface area contributed by atoms with E-state index in [4.69, 9.17) is 25.8 Å². The summed E-state index contributed by atoms with van der Waals surface area (Å²) < 4.78 is 40.7. The number of halogens is 1. The maximum atomic E-state index is 14.9. The largest absolute Gasteiger partial charge is 0.490 e. The van der Waals surface area contributed by atoms with Gasteiger partial charge in [0.25, 0.3) is 11.8 Å². The number of ether oxygens (including phenoxy) is 3. The molecule has 6 aliphatic rings. The first kappa shape index (κ1) is 43.8. The molecule has 2 saturated heterocycles. The maximum absolute atomic E-state index is 14.9. The topological polar surface area (TPSA) is 168 Å². The van der Waals surface area contributed by atoms with Crippen molar-refractivity contribution < 1.29 is 37.9 Å². The summed E-state index contributed by atoms with van der Waals surface area (Å²) in [5.74, 6) is -1.65. The zero-order chi connectivity index (χ0) is 44.1. The van der Waals surface area contributed by atoms with E-state index in [1.165, 1.54) is 29.1 Å². The molecule has 63 heavy (non-hydrogen) atoms. The van der Waals surface area contributed by atoms with Crippen molar-refractivity contribution in [1.82, 2.24) is 24.3 Å². The molecular formula is C46H58ClN7O8S. The molecule has 15 nitrogen and oxygen atoms in total. The number of benzene rings is 2. The molecule has 3 fully saturated rings. The van der Waals surface area contributed by atoms with Gasteiger partial charge in [-0.15, -0.1) is 9.46 Å². The van der Waals surface area contributed by atoms with Crippen LogP contribution in [0.5, 0.6) is 11.6 Å². The number of nitrogens with one attached hydrogen (secondary N) is 1. The first-order chi connectivity index (χ1) is 30.2. The molecule has 6 atom stereocenters. The van der Waals surface area contributed by atoms with Gasteiger partial charge in [0.1, 0.15) is 21.2 Å². The number of fused-ring (bicyclic) bond motifs is 4. The Labute approximate surface area is 374 Å². The first-order valence-corrected chi connectivity index (χ1v) is 24.3. The molecule has 2 bridgehead atoms. The predicted molar refractivity (Wildman–Crippen MR) is 239 cm³/mol. The number of aliphatic hydroxyl groups is 1. The second-order valence-corrected chi connectivity index (χ2v) is 21.0. The Morgan fingerprint density at radius 3 is 2.68 bits per heavy atom. The molecule has 9 rings (SSSR count). The highest BCUT2D eigenvalue weighted by molar-refractivity contribution is 7.92. The number of hydrogen-bond donors (Lipinski definition) is 2. The van der Waals surface area contributed by atoms with Crippen LogP contribution in [0.4, 0.5) is 5.69 Å². The van der Waals surface area contributed by atoms with Gasteiger partial charge >= 0.3 is 0 Å². The third-order valence-corrected chi connectivity index (χ3v) is 16.4. The van der Waals surface area contributed by atoms with Gasteiger partial charge in [0.2, 0.25) is 11.8 Å². The highest BCUT2D eigenvalue weighted by Crippen LogP contribution is 2.49. The lowest BCUT2D eigenvalue weighted by atomic mass is 9.63. The third kappa shape index (κ3) is 8.85. The standard InChI is InChI=1S/C46H58ClN7O8S/c1-30-6-4-15-46(58,22-41(55)53-24-35(25-53)52-16-18-61-19-17-52)38-11-8-33(38)23-54-28-45(14-5-7-31-20-34(47)10-12-37(31)45)29-62-40-13-9-32(21-39(40)54)42(56)49-63(59,27-30)50-43(57)36-26-51(2)48-44(36)60-3/h4,9-10,12-13,15,20-21,26,30,33,35,38,58H,5-8,11,14,16-19,22-25,27-29H2,1-3H3,(H,49,50,56,57,59)/b15-4+/t30-,33-,38+,45-,46-,63?/m0/s1. The Morgan fingerprint density at radius 1 is 1.11 bits per heavy atom. The zero-order valence-electron chi connectivity index (χ0n) is 36.3. The molecule has 2 aliphatic carbocycles. The highest BCUT2D eigenvalue weighted by Gasteiger charge is 2.50. The summed E-state index contributed by atoms with van der Waals surface area (Å²) in [7, 11) is -0.728. The van der Waals surface area contributed by atoms with Crippen LogP contribution in [0.25, 0.3) is 0 Å². The molecule has 1 saturated carbocycles. The van der Waals surface area contributed by atoms with Crippen LogP contribution in [0.2, 0.25) is 5.02 Å². The summed E-state index contributed by atoms with van der Waals surface area (Å²) in [5, 5.41) is 17.7. The van der Waals surface area contributed by atoms with Gasteiger partial charge in [0, 0.05) is 74.6 Å². The summed E-state index contributed by atoms with van der Waals surface area (Å²) in [6.07, 6.45) is 9.73. The molecule has 1 aromatic heterocycles. The highest BCUT2D eigenvalue weighted by atomic mass is 35.5. The van der Waals surface area contributed by atoms with Crippen molar-refractivity contribution in [2.24, 2.45) is 29.2 Å². The normalized spacial score (nSPS) is 30.7. The molecule has 338 valence electrons. The second kappa shape index (κ2) is 17.5. The van der Waals surface area contributed by atoms with Crippen LogP contribution in [-0.2, 0) is 38.3 Å². The predicted octanol–water partition coefficient (Wildman–Crippen LogP) is 4.79. The fraction of sp³-hybridized carbons (Fsp3) is 0.565. The van der Waals surface area contributed by atoms with E-state index in [1.807, 2.05) is 24.0 Å². The molecule has 0 radical (unpaired) electrons. The van der Waals surface area contributed by atoms with Crippen LogP contribution in [-0.4, -0.2) is 130 Å². The van der Waals surface area contributed by atoms with Crippen molar-refractivity contribution in [3.63, 3.8) is 0 Å². The number of aromatic nitrogens is 2. The van der Waals surface area contributed by atoms with Crippen LogP contribution in [0.3, 0.4) is 0 Å². The minimum atomic E-state index is -3.75. The summed E-state index contributed by atoms with van der Waals surface area (Å²) in [6.45, 7) is 7.73. The molecular weight excluding hydrogens is 846 g/mol. The SMILES string of the molecule is COc1nn(C)cc1C(=O)NS1(=O)=NC(=O)c2ccc3c(c2)N(C[C@@H]2CC[C@H]2[C@@](O)(CC(=O)N2CC(N4CCOCC4)C2)/C=C/C[C@H](C)C1)C[C@@]1(CCCc2cc(Cl)ccc21)CO3. The van der Waals surface area contributed by atoms with Crippen LogP contribution in [0, 0.1) is 17.8 Å². The Bertz CT molecular complexity index is 2420. The van der Waals surface area contributed by atoms with Crippen molar-refractivity contribution in [1.29, 1.82) is 0 Å². The summed E-state index contributed by atoms with van der Waals surface area (Å²) in [5.41, 5.74) is 1.49. The Kier molecular flexibility index (Phi) is 12.1. The van der Waals surface area contributed by atoms with E-state index >= 15 is 0 Å². The molecule has 3 aromatic rings. The van der Waals surface area contributed by atoms with Gasteiger partial charge in [-0.25, -0.2) is 4.21 Å². The van der Waals surface area contributed by atoms with Gasteiger partial charge in [0.15, 0.2) is 0 Å². The number of hydrogen-bond acceptors (Lipinski definition) is 11. The van der Waals surface area contributed by atoms with Crippen LogP contribution in [0.1, 0.15) is 77.3 Å². The number of anilines is 1. The number of rotatable bonds is 6. The quantitative estimate of drug-likeness (QED) is 0.327. The summed E-state index contributed by atoms with van der Waals surface area (Å²) in [6, 6.07) is 11.6. The molecule has 5 heterocycles. The number of amides is 3. The van der Waals surface area contributed by atoms with E-state index in [0.29, 0.717) is 68.9 Å². The monoisotopic (exact) mass is 903 g/mol. The van der Waals surface area contributed by atoms with Crippen molar-refractivity contribution in [2.75, 3.05) is 76.9 Å². The lowest BCUT2D eigenvalue weighted by Crippen LogP contribution is -2.63. The molecule has 17 heteroatoms. The van der Waals surface area contributed by atoms with Crippen molar-refractivity contribution in [2.45, 2.75) is 68.9 Å². The van der Waals surface area contributed by atoms with Gasteiger partial charge in [-0.3, -0.25) is 28.7 Å². The van der Waals surface area contributed by atoms with Gasteiger partial charge in [-0.05, 0) is 97.7 Å². The lowest BCUT2D eigenvalue weighted by molar-refractivity contribution is -0.148. The molecule has 1 unspecified atom stereocenters. The molecule has 2 N–H and O–H groups in total. The number of carbonyl (C=O) groups excluding carboxylic acids is 3. The van der Waals surface area contributed by atoms with E-state index in [9.17, 15) is 23.7 Å². The zero-order valence-corrected chi connectivity index (χ0v) is 37.9. The lowest BCUT2D eigenvalue weighted by Gasteiger charge is -2.50. The van der Waals surface area contributed by atoms with E-state index in [0.717, 1.165) is 45.2 Å². The molecule has 3 amide bonds. The molecule has 2 aromatic carbocycles. The Balaban J connectivity index is 1.08. The number of methoxy groups -OCH3 is 1. The van der Waals surface area contributed by atoms with Gasteiger partial charge in [-0.2, -0.15) is 0 Å². The minimum absolute atomic E-state index is 0.0222. The van der Waals surface area contributed by atoms with Crippen molar-refractivity contribution in [3.05, 3.63) is 82.0 Å². The van der Waals surface area contributed by atoms with E-state index < -0.39 is 32.7 Å². The summed E-state index contributed by atoms with van der Waals surface area (Å²) in [4.78, 5) is 48.6.